The average Bonchev–Trinajstić information content (AvgIpc) is 2.65. The Balaban J connectivity index is 2.26. The lowest BCUT2D eigenvalue weighted by Crippen LogP contribution is -2.33. The van der Waals surface area contributed by atoms with E-state index in [9.17, 15) is 23.3 Å². The molecule has 0 aliphatic heterocycles. The van der Waals surface area contributed by atoms with E-state index < -0.39 is 14.8 Å². The lowest BCUT2D eigenvalue weighted by atomic mass is 10.2. The van der Waals surface area contributed by atoms with Crippen LogP contribution in [0.1, 0.15) is 6.92 Å². The average molecular weight is 407 g/mol. The summed E-state index contributed by atoms with van der Waals surface area (Å²) in [5.74, 6) is 0.203. The molecule has 10 heteroatoms. The van der Waals surface area contributed by atoms with E-state index in [0.717, 1.165) is 12.3 Å². The number of nitrogens with one attached hydrogen (secondary N) is 1. The fourth-order valence-corrected chi connectivity index (χ4v) is 3.23. The highest BCUT2D eigenvalue weighted by Crippen LogP contribution is 2.31. The molecular formula is C18H21N3O6S. The standard InChI is InChI=1S/C18H21N3O6S/c1-4-20(12-18(22)19-13-6-5-7-14(10-13)27-2)16-9-8-15(28(3,25)26)11-17(16)21(23)24/h5-11H,4,12H2,1-3H3,(H,19,22). The van der Waals surface area contributed by atoms with E-state index in [2.05, 4.69) is 5.32 Å². The molecule has 150 valence electrons. The molecule has 0 unspecified atom stereocenters. The first kappa shape index (κ1) is 21.2. The molecule has 1 N–H and O–H groups in total. The van der Waals surface area contributed by atoms with Gasteiger partial charge in [0.25, 0.3) is 5.69 Å². The molecule has 0 fully saturated rings. The third-order valence-electron chi connectivity index (χ3n) is 3.98. The van der Waals surface area contributed by atoms with Crippen LogP contribution in [0.15, 0.2) is 47.4 Å². The zero-order chi connectivity index (χ0) is 20.9. The molecule has 2 aromatic rings. The summed E-state index contributed by atoms with van der Waals surface area (Å²) < 4.78 is 28.5. The van der Waals surface area contributed by atoms with Crippen molar-refractivity contribution in [3.05, 3.63) is 52.6 Å². The van der Waals surface area contributed by atoms with Crippen molar-refractivity contribution >= 4 is 32.8 Å². The number of benzene rings is 2. The third-order valence-corrected chi connectivity index (χ3v) is 5.09. The number of rotatable bonds is 8. The molecule has 0 aromatic heterocycles. The number of carbonyl (C=O) groups excluding carboxylic acids is 1. The molecule has 9 nitrogen and oxygen atoms in total. The predicted octanol–water partition coefficient (Wildman–Crippen LogP) is 2.47. The summed E-state index contributed by atoms with van der Waals surface area (Å²) in [6.45, 7) is 1.91. The van der Waals surface area contributed by atoms with Gasteiger partial charge in [0, 0.05) is 30.6 Å². The summed E-state index contributed by atoms with van der Waals surface area (Å²) in [4.78, 5) is 24.5. The Morgan fingerprint density at radius 3 is 2.54 bits per heavy atom. The van der Waals surface area contributed by atoms with E-state index in [1.54, 1.807) is 31.2 Å². The van der Waals surface area contributed by atoms with E-state index in [-0.39, 0.29) is 28.7 Å². The Morgan fingerprint density at radius 1 is 1.25 bits per heavy atom. The fraction of sp³-hybridized carbons (Fsp3) is 0.278. The minimum absolute atomic E-state index is 0.146. The maximum atomic E-state index is 12.4. The number of likely N-dealkylation sites (N-methyl/N-ethyl adjacent to an activating group) is 1. The summed E-state index contributed by atoms with van der Waals surface area (Å²) in [7, 11) is -2.08. The second kappa shape index (κ2) is 8.70. The first-order valence-electron chi connectivity index (χ1n) is 8.33. The first-order valence-corrected chi connectivity index (χ1v) is 10.2. The Hall–Kier alpha value is -3.14. The summed E-state index contributed by atoms with van der Waals surface area (Å²) >= 11 is 0. The van der Waals surface area contributed by atoms with Gasteiger partial charge in [0.15, 0.2) is 9.84 Å². The van der Waals surface area contributed by atoms with Crippen molar-refractivity contribution in [1.82, 2.24) is 0 Å². The van der Waals surface area contributed by atoms with Gasteiger partial charge in [-0.05, 0) is 31.2 Å². The number of nitro benzene ring substituents is 1. The molecule has 28 heavy (non-hydrogen) atoms. The maximum Gasteiger partial charge on any atom is 0.293 e. The van der Waals surface area contributed by atoms with Gasteiger partial charge in [-0.3, -0.25) is 14.9 Å². The van der Waals surface area contributed by atoms with Gasteiger partial charge in [-0.2, -0.15) is 0 Å². The van der Waals surface area contributed by atoms with E-state index in [0.29, 0.717) is 18.0 Å². The van der Waals surface area contributed by atoms with Gasteiger partial charge >= 0.3 is 0 Å². The maximum absolute atomic E-state index is 12.4. The van der Waals surface area contributed by atoms with E-state index in [4.69, 9.17) is 4.74 Å². The molecule has 0 saturated heterocycles. The van der Waals surface area contributed by atoms with Crippen molar-refractivity contribution < 1.29 is 22.9 Å². The summed E-state index contributed by atoms with van der Waals surface area (Å²) in [5.41, 5.74) is 0.321. The number of sulfone groups is 1. The van der Waals surface area contributed by atoms with Gasteiger partial charge in [0.05, 0.1) is 23.5 Å². The topological polar surface area (TPSA) is 119 Å². The van der Waals surface area contributed by atoms with Gasteiger partial charge in [0.1, 0.15) is 11.4 Å². The SMILES string of the molecule is CCN(CC(=O)Nc1cccc(OC)c1)c1ccc(S(C)(=O)=O)cc1[N+](=O)[O-]. The van der Waals surface area contributed by atoms with Crippen LogP contribution in [0.2, 0.25) is 0 Å². The summed E-state index contributed by atoms with van der Waals surface area (Å²) in [5, 5.41) is 14.1. The summed E-state index contributed by atoms with van der Waals surface area (Å²) in [6.07, 6.45) is 0.977. The molecule has 2 aromatic carbocycles. The van der Waals surface area contributed by atoms with Crippen molar-refractivity contribution in [2.24, 2.45) is 0 Å². The fourth-order valence-electron chi connectivity index (χ4n) is 2.59. The smallest absolute Gasteiger partial charge is 0.293 e. The molecule has 0 bridgehead atoms. The Labute approximate surface area is 163 Å². The second-order valence-electron chi connectivity index (χ2n) is 5.97. The third kappa shape index (κ3) is 5.19. The number of hydrogen-bond donors (Lipinski definition) is 1. The molecule has 0 spiro atoms. The molecule has 0 saturated carbocycles. The zero-order valence-corrected chi connectivity index (χ0v) is 16.5. The summed E-state index contributed by atoms with van der Waals surface area (Å²) in [6, 6.07) is 10.4. The lowest BCUT2D eigenvalue weighted by molar-refractivity contribution is -0.384. The Morgan fingerprint density at radius 2 is 1.96 bits per heavy atom. The first-order chi connectivity index (χ1) is 13.2. The van der Waals surface area contributed by atoms with E-state index >= 15 is 0 Å². The van der Waals surface area contributed by atoms with Crippen LogP contribution < -0.4 is 15.0 Å². The Bertz CT molecular complexity index is 991. The molecular weight excluding hydrogens is 386 g/mol. The van der Waals surface area contributed by atoms with Crippen LogP contribution in [0.3, 0.4) is 0 Å². The van der Waals surface area contributed by atoms with Crippen molar-refractivity contribution in [3.63, 3.8) is 0 Å². The van der Waals surface area contributed by atoms with Crippen molar-refractivity contribution in [2.75, 3.05) is 36.7 Å². The highest BCUT2D eigenvalue weighted by molar-refractivity contribution is 7.90. The number of ether oxygens (including phenoxy) is 1. The molecule has 0 aliphatic carbocycles. The number of anilines is 2. The predicted molar refractivity (Wildman–Crippen MR) is 106 cm³/mol. The molecule has 0 aliphatic rings. The van der Waals surface area contributed by atoms with Crippen LogP contribution in [0.5, 0.6) is 5.75 Å². The minimum Gasteiger partial charge on any atom is -0.497 e. The Kier molecular flexibility index (Phi) is 6.57. The van der Waals surface area contributed by atoms with Gasteiger partial charge in [-0.1, -0.05) is 6.07 Å². The van der Waals surface area contributed by atoms with Gasteiger partial charge in [-0.15, -0.1) is 0 Å². The number of hydrogen-bond acceptors (Lipinski definition) is 7. The second-order valence-corrected chi connectivity index (χ2v) is 7.99. The highest BCUT2D eigenvalue weighted by Gasteiger charge is 2.23. The van der Waals surface area contributed by atoms with Gasteiger partial charge in [0.2, 0.25) is 5.91 Å². The number of methoxy groups -OCH3 is 1. The molecule has 1 amide bonds. The van der Waals surface area contributed by atoms with E-state index in [1.807, 2.05) is 0 Å². The van der Waals surface area contributed by atoms with E-state index in [1.165, 1.54) is 24.1 Å². The number of amides is 1. The number of nitro groups is 1. The normalized spacial score (nSPS) is 11.0. The number of nitrogens with zero attached hydrogens (tertiary/aromatic N) is 2. The van der Waals surface area contributed by atoms with Crippen LogP contribution in [-0.2, 0) is 14.6 Å². The number of carbonyl (C=O) groups is 1. The molecule has 0 atom stereocenters. The highest BCUT2D eigenvalue weighted by atomic mass is 32.2. The largest absolute Gasteiger partial charge is 0.497 e. The lowest BCUT2D eigenvalue weighted by Gasteiger charge is -2.22. The van der Waals surface area contributed by atoms with Crippen molar-refractivity contribution in [3.8, 4) is 5.75 Å². The van der Waals surface area contributed by atoms with Crippen LogP contribution >= 0.6 is 0 Å². The van der Waals surface area contributed by atoms with Gasteiger partial charge < -0.3 is 15.0 Å². The molecule has 2 rings (SSSR count). The zero-order valence-electron chi connectivity index (χ0n) is 15.7. The van der Waals surface area contributed by atoms with Crippen LogP contribution in [0, 0.1) is 10.1 Å². The van der Waals surface area contributed by atoms with Crippen LogP contribution in [0.4, 0.5) is 17.1 Å². The van der Waals surface area contributed by atoms with Crippen LogP contribution in [-0.4, -0.2) is 45.7 Å². The molecule has 0 radical (unpaired) electrons. The quantitative estimate of drug-likeness (QED) is 0.527. The van der Waals surface area contributed by atoms with Crippen LogP contribution in [0.25, 0.3) is 0 Å². The monoisotopic (exact) mass is 407 g/mol. The van der Waals surface area contributed by atoms with Crippen molar-refractivity contribution in [1.29, 1.82) is 0 Å². The van der Waals surface area contributed by atoms with Gasteiger partial charge in [-0.25, -0.2) is 8.42 Å². The van der Waals surface area contributed by atoms with Crippen molar-refractivity contribution in [2.45, 2.75) is 11.8 Å². The minimum atomic E-state index is -3.59. The molecule has 0 heterocycles.